The van der Waals surface area contributed by atoms with Gasteiger partial charge in [0, 0.05) is 49.3 Å². The third-order valence-corrected chi connectivity index (χ3v) is 5.54. The summed E-state index contributed by atoms with van der Waals surface area (Å²) in [4.78, 5) is 26.7. The number of nitrogens with one attached hydrogen (secondary N) is 2. The Morgan fingerprint density at radius 1 is 0.821 bits per heavy atom. The summed E-state index contributed by atoms with van der Waals surface area (Å²) in [5.41, 5.74) is -0.351. The molecular weight excluding hydrogens is 360 g/mol. The van der Waals surface area contributed by atoms with Crippen molar-refractivity contribution in [3.05, 3.63) is 0 Å². The molecule has 0 aliphatic carbocycles. The highest BCUT2D eigenvalue weighted by atomic mass is 16.4. The molecular formula is C20H40N4O4. The van der Waals surface area contributed by atoms with E-state index in [2.05, 4.69) is 52.2 Å². The molecule has 0 bridgehead atoms. The maximum Gasteiger partial charge on any atom is 0.317 e. The Labute approximate surface area is 169 Å². The fraction of sp³-hybridized carbons (Fsp3) is 0.900. The summed E-state index contributed by atoms with van der Waals surface area (Å²) < 4.78 is 0. The fourth-order valence-electron chi connectivity index (χ4n) is 4.21. The summed E-state index contributed by atoms with van der Waals surface area (Å²) in [6, 6.07) is 0.223. The van der Waals surface area contributed by atoms with Crippen LogP contribution in [0.5, 0.6) is 0 Å². The van der Waals surface area contributed by atoms with Crippen molar-refractivity contribution < 1.29 is 19.8 Å². The fourth-order valence-corrected chi connectivity index (χ4v) is 4.21. The Balaban J connectivity index is 2.97. The van der Waals surface area contributed by atoms with Crippen LogP contribution in [0.4, 0.5) is 0 Å². The van der Waals surface area contributed by atoms with E-state index >= 15 is 0 Å². The molecule has 1 rings (SSSR count). The maximum absolute atomic E-state index is 11.3. The molecule has 0 saturated carbocycles. The van der Waals surface area contributed by atoms with Crippen LogP contribution in [0.25, 0.3) is 0 Å². The predicted molar refractivity (Wildman–Crippen MR) is 111 cm³/mol. The molecule has 8 heteroatoms. The summed E-state index contributed by atoms with van der Waals surface area (Å²) in [5, 5.41) is 25.7. The molecule has 1 saturated heterocycles. The lowest BCUT2D eigenvalue weighted by atomic mass is 9.93. The van der Waals surface area contributed by atoms with Gasteiger partial charge in [0.1, 0.15) is 0 Å². The van der Waals surface area contributed by atoms with Gasteiger partial charge in [0.25, 0.3) is 0 Å². The molecule has 1 fully saturated rings. The predicted octanol–water partition coefficient (Wildman–Crippen LogP) is 1.07. The van der Waals surface area contributed by atoms with E-state index in [-0.39, 0.29) is 36.3 Å². The van der Waals surface area contributed by atoms with Crippen LogP contribution in [-0.2, 0) is 9.59 Å². The molecule has 0 aromatic heterocycles. The van der Waals surface area contributed by atoms with Gasteiger partial charge in [-0.2, -0.15) is 0 Å². The first-order chi connectivity index (χ1) is 12.8. The van der Waals surface area contributed by atoms with Crippen molar-refractivity contribution in [1.29, 1.82) is 0 Å². The number of carboxylic acid groups (broad SMARTS) is 2. The van der Waals surface area contributed by atoms with Crippen molar-refractivity contribution in [3.8, 4) is 0 Å². The van der Waals surface area contributed by atoms with Crippen molar-refractivity contribution in [2.75, 3.05) is 39.3 Å². The smallest absolute Gasteiger partial charge is 0.317 e. The van der Waals surface area contributed by atoms with Crippen LogP contribution in [-0.4, -0.2) is 94.4 Å². The van der Waals surface area contributed by atoms with Crippen LogP contribution in [0.1, 0.15) is 54.4 Å². The molecule has 1 heterocycles. The standard InChI is InChI=1S/C20H40N4O4/c1-15-11-19(3,4)21-8-10-24(14-18(27)28)16(2)12-20(5,6)22-7-9-23(15)13-17(25)26/h15-16,21-22H,7-14H2,1-6H3,(H,25,26)(H,27,28)/t15-,16-/m0/s1. The zero-order chi connectivity index (χ0) is 21.5. The lowest BCUT2D eigenvalue weighted by molar-refractivity contribution is -0.140. The Morgan fingerprint density at radius 3 is 1.43 bits per heavy atom. The minimum Gasteiger partial charge on any atom is -0.480 e. The third kappa shape index (κ3) is 9.32. The molecule has 0 radical (unpaired) electrons. The topological polar surface area (TPSA) is 105 Å². The van der Waals surface area contributed by atoms with Crippen molar-refractivity contribution >= 4 is 11.9 Å². The summed E-state index contributed by atoms with van der Waals surface area (Å²) >= 11 is 0. The summed E-state index contributed by atoms with van der Waals surface area (Å²) in [5.74, 6) is -1.62. The summed E-state index contributed by atoms with van der Waals surface area (Å²) in [6.07, 6.45) is 1.61. The largest absolute Gasteiger partial charge is 0.480 e. The molecule has 0 aromatic carbocycles. The zero-order valence-electron chi connectivity index (χ0n) is 18.4. The molecule has 4 N–H and O–H groups in total. The van der Waals surface area contributed by atoms with E-state index in [0.717, 1.165) is 12.8 Å². The van der Waals surface area contributed by atoms with Gasteiger partial charge in [-0.25, -0.2) is 0 Å². The third-order valence-electron chi connectivity index (χ3n) is 5.54. The molecule has 8 nitrogen and oxygen atoms in total. The number of carboxylic acids is 2. The zero-order valence-corrected chi connectivity index (χ0v) is 18.4. The highest BCUT2D eigenvalue weighted by Gasteiger charge is 2.29. The molecule has 1 aliphatic heterocycles. The first-order valence-corrected chi connectivity index (χ1v) is 10.2. The van der Waals surface area contributed by atoms with Crippen LogP contribution in [0.2, 0.25) is 0 Å². The van der Waals surface area contributed by atoms with E-state index in [9.17, 15) is 19.8 Å². The van der Waals surface area contributed by atoms with Crippen molar-refractivity contribution in [2.45, 2.75) is 77.5 Å². The van der Waals surface area contributed by atoms with Crippen LogP contribution >= 0.6 is 0 Å². The monoisotopic (exact) mass is 400 g/mol. The van der Waals surface area contributed by atoms with Crippen molar-refractivity contribution in [1.82, 2.24) is 20.4 Å². The Bertz CT molecular complexity index is 478. The molecule has 2 atom stereocenters. The van der Waals surface area contributed by atoms with Gasteiger partial charge in [-0.1, -0.05) is 0 Å². The lowest BCUT2D eigenvalue weighted by Crippen LogP contribution is -2.54. The second-order valence-corrected chi connectivity index (χ2v) is 9.46. The quantitative estimate of drug-likeness (QED) is 0.555. The molecule has 164 valence electrons. The number of rotatable bonds is 4. The first-order valence-electron chi connectivity index (χ1n) is 10.2. The minimum absolute atomic E-state index is 0.0299. The summed E-state index contributed by atoms with van der Waals surface area (Å²) in [6.45, 7) is 15.3. The van der Waals surface area contributed by atoms with Gasteiger partial charge in [0.2, 0.25) is 0 Å². The lowest BCUT2D eigenvalue weighted by Gasteiger charge is -2.39. The average Bonchev–Trinajstić information content (AvgIpc) is 2.50. The molecule has 0 spiro atoms. The molecule has 0 amide bonds. The van der Waals surface area contributed by atoms with Gasteiger partial charge in [0.15, 0.2) is 0 Å². The number of nitrogens with zero attached hydrogens (tertiary/aromatic N) is 2. The summed E-state index contributed by atoms with van der Waals surface area (Å²) in [7, 11) is 0. The van der Waals surface area contributed by atoms with E-state index in [4.69, 9.17) is 0 Å². The maximum atomic E-state index is 11.3. The minimum atomic E-state index is -0.809. The highest BCUT2D eigenvalue weighted by Crippen LogP contribution is 2.19. The van der Waals surface area contributed by atoms with Gasteiger partial charge in [-0.3, -0.25) is 19.4 Å². The van der Waals surface area contributed by atoms with Gasteiger partial charge >= 0.3 is 11.9 Å². The Hall–Kier alpha value is -1.22. The second-order valence-electron chi connectivity index (χ2n) is 9.46. The van der Waals surface area contributed by atoms with E-state index in [0.29, 0.717) is 26.2 Å². The van der Waals surface area contributed by atoms with Gasteiger partial charge < -0.3 is 20.8 Å². The number of carbonyl (C=O) groups is 2. The van der Waals surface area contributed by atoms with E-state index in [1.165, 1.54) is 0 Å². The van der Waals surface area contributed by atoms with Gasteiger partial charge in [-0.05, 0) is 54.4 Å². The van der Waals surface area contributed by atoms with Crippen LogP contribution in [0, 0.1) is 0 Å². The van der Waals surface area contributed by atoms with Crippen molar-refractivity contribution in [3.63, 3.8) is 0 Å². The molecule has 0 unspecified atom stereocenters. The number of aliphatic carboxylic acids is 2. The van der Waals surface area contributed by atoms with E-state index in [1.54, 1.807) is 0 Å². The van der Waals surface area contributed by atoms with Crippen LogP contribution < -0.4 is 10.6 Å². The first kappa shape index (κ1) is 24.8. The SMILES string of the molecule is C[C@H]1CC(C)(C)NCCN(CC(=O)O)[C@@H](C)CC(C)(C)NCCN1CC(=O)O. The number of hydrogen-bond acceptors (Lipinski definition) is 6. The molecule has 1 aliphatic rings. The van der Waals surface area contributed by atoms with E-state index in [1.807, 2.05) is 9.80 Å². The number of hydrogen-bond donors (Lipinski definition) is 4. The van der Waals surface area contributed by atoms with Crippen LogP contribution in [0.3, 0.4) is 0 Å². The Kier molecular flexibility index (Phi) is 9.33. The second kappa shape index (κ2) is 10.5. The molecule has 28 heavy (non-hydrogen) atoms. The molecule has 0 aromatic rings. The highest BCUT2D eigenvalue weighted by molar-refractivity contribution is 5.69. The van der Waals surface area contributed by atoms with Gasteiger partial charge in [-0.15, -0.1) is 0 Å². The van der Waals surface area contributed by atoms with Crippen LogP contribution in [0.15, 0.2) is 0 Å². The average molecular weight is 401 g/mol. The Morgan fingerprint density at radius 2 is 1.14 bits per heavy atom. The van der Waals surface area contributed by atoms with Crippen molar-refractivity contribution in [2.24, 2.45) is 0 Å². The van der Waals surface area contributed by atoms with Gasteiger partial charge in [0.05, 0.1) is 13.1 Å². The normalized spacial score (nSPS) is 28.4. The van der Waals surface area contributed by atoms with E-state index < -0.39 is 11.9 Å².